The number of hydrogen-bond acceptors (Lipinski definition) is 3. The lowest BCUT2D eigenvalue weighted by atomic mass is 9.87. The van der Waals surface area contributed by atoms with Crippen LogP contribution in [0.1, 0.15) is 79.6 Å². The summed E-state index contributed by atoms with van der Waals surface area (Å²) >= 11 is 0. The highest BCUT2D eigenvalue weighted by Gasteiger charge is 2.16. The van der Waals surface area contributed by atoms with Crippen molar-refractivity contribution in [3.05, 3.63) is 0 Å². The van der Waals surface area contributed by atoms with Crippen LogP contribution >= 0.6 is 0 Å². The van der Waals surface area contributed by atoms with Gasteiger partial charge in [-0.2, -0.15) is 0 Å². The maximum atomic E-state index is 11.1. The molecule has 1 aliphatic rings. The normalized spacial score (nSPS) is 15.6. The van der Waals surface area contributed by atoms with Crippen molar-refractivity contribution in [2.75, 3.05) is 6.54 Å². The van der Waals surface area contributed by atoms with Gasteiger partial charge in [0.25, 0.3) is 0 Å². The number of rotatable bonds is 5. The van der Waals surface area contributed by atoms with Crippen LogP contribution in [-0.2, 0) is 9.53 Å². The van der Waals surface area contributed by atoms with Crippen LogP contribution < -0.4 is 5.32 Å². The van der Waals surface area contributed by atoms with Crippen LogP contribution in [-0.4, -0.2) is 29.3 Å². The van der Waals surface area contributed by atoms with Crippen LogP contribution in [0.5, 0.6) is 0 Å². The molecule has 5 heteroatoms. The fourth-order valence-corrected chi connectivity index (χ4v) is 2.42. The van der Waals surface area contributed by atoms with Gasteiger partial charge in [0.15, 0.2) is 0 Å². The van der Waals surface area contributed by atoms with Gasteiger partial charge in [0.1, 0.15) is 5.60 Å². The van der Waals surface area contributed by atoms with Crippen LogP contribution in [0.15, 0.2) is 0 Å². The van der Waals surface area contributed by atoms with Crippen molar-refractivity contribution in [1.82, 2.24) is 5.32 Å². The first kappa shape index (κ1) is 21.7. The number of nitrogens with one attached hydrogen (secondary N) is 1. The lowest BCUT2D eigenvalue weighted by Gasteiger charge is -2.19. The number of hydrogen-bond donors (Lipinski definition) is 2. The summed E-state index contributed by atoms with van der Waals surface area (Å²) in [6, 6.07) is 0. The van der Waals surface area contributed by atoms with Crippen molar-refractivity contribution >= 4 is 12.1 Å². The molecule has 5 nitrogen and oxygen atoms in total. The predicted molar refractivity (Wildman–Crippen MR) is 92.5 cm³/mol. The van der Waals surface area contributed by atoms with E-state index in [1.165, 1.54) is 19.3 Å². The minimum absolute atomic E-state index is 0.326. The van der Waals surface area contributed by atoms with Gasteiger partial charge in [0.2, 0.25) is 0 Å². The average molecular weight is 329 g/mol. The first-order valence-corrected chi connectivity index (χ1v) is 8.78. The summed E-state index contributed by atoms with van der Waals surface area (Å²) in [5.41, 5.74) is -0.401. The molecule has 2 N–H and O–H groups in total. The third-order valence-electron chi connectivity index (χ3n) is 3.58. The van der Waals surface area contributed by atoms with Gasteiger partial charge in [0, 0.05) is 13.0 Å². The first-order valence-electron chi connectivity index (χ1n) is 8.78. The van der Waals surface area contributed by atoms with Crippen LogP contribution in [0, 0.1) is 11.8 Å². The monoisotopic (exact) mass is 329 g/mol. The van der Waals surface area contributed by atoms with Crippen molar-refractivity contribution in [2.45, 2.75) is 85.2 Å². The Labute approximate surface area is 141 Å². The Morgan fingerprint density at radius 2 is 1.74 bits per heavy atom. The van der Waals surface area contributed by atoms with Crippen LogP contribution in [0.4, 0.5) is 4.79 Å². The molecular formula is C18H35NO4. The molecule has 23 heavy (non-hydrogen) atoms. The van der Waals surface area contributed by atoms with E-state index in [0.717, 1.165) is 19.3 Å². The van der Waals surface area contributed by atoms with E-state index in [4.69, 9.17) is 9.84 Å². The van der Waals surface area contributed by atoms with Crippen LogP contribution in [0.2, 0.25) is 0 Å². The second-order valence-electron chi connectivity index (χ2n) is 7.71. The summed E-state index contributed by atoms with van der Waals surface area (Å²) < 4.78 is 5.07. The number of carboxylic acid groups (broad SMARTS) is 1. The summed E-state index contributed by atoms with van der Waals surface area (Å²) in [5.74, 6) is 0.452. The molecule has 0 radical (unpaired) electrons. The Hall–Kier alpha value is -1.26. The molecule has 1 fully saturated rings. The second kappa shape index (κ2) is 11.3. The molecule has 1 aliphatic carbocycles. The van der Waals surface area contributed by atoms with E-state index in [1.54, 1.807) is 0 Å². The second-order valence-corrected chi connectivity index (χ2v) is 7.71. The molecule has 0 spiro atoms. The molecule has 0 bridgehead atoms. The number of alkyl carbamates (subject to hydrolysis) is 1. The van der Waals surface area contributed by atoms with E-state index >= 15 is 0 Å². The minimum atomic E-state index is -0.632. The molecule has 136 valence electrons. The van der Waals surface area contributed by atoms with E-state index in [2.05, 4.69) is 19.2 Å². The van der Waals surface area contributed by atoms with Crippen molar-refractivity contribution in [1.29, 1.82) is 0 Å². The smallest absolute Gasteiger partial charge is 0.407 e. The summed E-state index contributed by atoms with van der Waals surface area (Å²) in [6.45, 7) is 10.5. The largest absolute Gasteiger partial charge is 0.481 e. The van der Waals surface area contributed by atoms with E-state index in [-0.39, 0.29) is 6.09 Å². The topological polar surface area (TPSA) is 75.6 Å². The van der Waals surface area contributed by atoms with E-state index in [9.17, 15) is 9.59 Å². The summed E-state index contributed by atoms with van der Waals surface area (Å²) in [4.78, 5) is 21.4. The molecule has 1 saturated carbocycles. The van der Waals surface area contributed by atoms with Gasteiger partial charge in [0.05, 0.1) is 0 Å². The summed E-state index contributed by atoms with van der Waals surface area (Å²) in [7, 11) is 0. The average Bonchev–Trinajstić information content (AvgIpc) is 2.37. The Morgan fingerprint density at radius 1 is 1.17 bits per heavy atom. The number of carboxylic acids is 1. The number of ether oxygens (including phenoxy) is 1. The molecule has 1 rings (SSSR count). The Morgan fingerprint density at radius 3 is 2.17 bits per heavy atom. The van der Waals surface area contributed by atoms with Gasteiger partial charge in [-0.1, -0.05) is 33.1 Å². The highest BCUT2D eigenvalue weighted by Crippen LogP contribution is 2.25. The highest BCUT2D eigenvalue weighted by atomic mass is 16.6. The predicted octanol–water partition coefficient (Wildman–Crippen LogP) is 4.60. The lowest BCUT2D eigenvalue weighted by Crippen LogP contribution is -2.33. The third kappa shape index (κ3) is 15.4. The lowest BCUT2D eigenvalue weighted by molar-refractivity contribution is -0.138. The summed E-state index contributed by atoms with van der Waals surface area (Å²) in [6.07, 6.45) is 7.08. The highest BCUT2D eigenvalue weighted by molar-refractivity contribution is 5.67. The Kier molecular flexibility index (Phi) is 10.7. The number of amides is 1. The maximum absolute atomic E-state index is 11.1. The molecule has 0 unspecified atom stereocenters. The van der Waals surface area contributed by atoms with Crippen LogP contribution in [0.3, 0.4) is 0 Å². The van der Waals surface area contributed by atoms with Crippen LogP contribution in [0.25, 0.3) is 0 Å². The minimum Gasteiger partial charge on any atom is -0.481 e. The van der Waals surface area contributed by atoms with Gasteiger partial charge in [-0.15, -0.1) is 0 Å². The van der Waals surface area contributed by atoms with E-state index in [1.807, 2.05) is 20.8 Å². The van der Waals surface area contributed by atoms with Gasteiger partial charge in [-0.05, 0) is 51.9 Å². The molecule has 0 atom stereocenters. The van der Waals surface area contributed by atoms with Crippen molar-refractivity contribution < 1.29 is 19.4 Å². The molecular weight excluding hydrogens is 294 g/mol. The van der Waals surface area contributed by atoms with E-state index < -0.39 is 11.6 Å². The van der Waals surface area contributed by atoms with Crippen molar-refractivity contribution in [3.63, 3.8) is 0 Å². The first-order chi connectivity index (χ1) is 10.6. The zero-order chi connectivity index (χ0) is 17.9. The van der Waals surface area contributed by atoms with Crippen molar-refractivity contribution in [2.24, 2.45) is 11.8 Å². The van der Waals surface area contributed by atoms with Gasteiger partial charge in [-0.3, -0.25) is 4.79 Å². The molecule has 1 amide bonds. The SMILES string of the molecule is CC(C)CCNC(=O)OC(C)(C)C.O=C(O)CC1CCCCC1. The summed E-state index contributed by atoms with van der Waals surface area (Å²) in [5, 5.41) is 11.2. The fourth-order valence-electron chi connectivity index (χ4n) is 2.42. The third-order valence-corrected chi connectivity index (χ3v) is 3.58. The number of carbonyl (C=O) groups is 2. The molecule has 0 saturated heterocycles. The molecule has 0 aromatic rings. The number of carbonyl (C=O) groups excluding carboxylic acids is 1. The standard InChI is InChI=1S/C10H21NO2.C8H14O2/c1-8(2)6-7-11-9(12)13-10(3,4)5;9-8(10)6-7-4-2-1-3-5-7/h8H,6-7H2,1-5H3,(H,11,12);7H,1-6H2,(H,9,10). The molecule has 0 heterocycles. The molecule has 0 aromatic carbocycles. The number of aliphatic carboxylic acids is 1. The van der Waals surface area contributed by atoms with Gasteiger partial charge >= 0.3 is 12.1 Å². The molecule has 0 aliphatic heterocycles. The van der Waals surface area contributed by atoms with E-state index in [0.29, 0.717) is 24.8 Å². The Balaban J connectivity index is 0.000000433. The quantitative estimate of drug-likeness (QED) is 0.773. The van der Waals surface area contributed by atoms with Crippen molar-refractivity contribution in [3.8, 4) is 0 Å². The zero-order valence-electron chi connectivity index (χ0n) is 15.5. The molecule has 0 aromatic heterocycles. The van der Waals surface area contributed by atoms with Gasteiger partial charge < -0.3 is 15.2 Å². The van der Waals surface area contributed by atoms with Gasteiger partial charge in [-0.25, -0.2) is 4.79 Å². The maximum Gasteiger partial charge on any atom is 0.407 e. The zero-order valence-corrected chi connectivity index (χ0v) is 15.5. The fraction of sp³-hybridized carbons (Fsp3) is 0.889. The Bertz CT molecular complexity index is 341.